The Balaban J connectivity index is 3.46. The van der Waals surface area contributed by atoms with E-state index in [0.29, 0.717) is 9.67 Å². The molecule has 0 amide bonds. The maximum absolute atomic E-state index is 9.05. The van der Waals surface area contributed by atoms with Gasteiger partial charge in [0.2, 0.25) is 0 Å². The third-order valence-corrected chi connectivity index (χ3v) is 2.02. The van der Waals surface area contributed by atoms with E-state index in [2.05, 4.69) is 28.6 Å². The summed E-state index contributed by atoms with van der Waals surface area (Å²) in [6.45, 7) is 0. The normalized spacial score (nSPS) is 9.80. The van der Waals surface area contributed by atoms with E-state index in [1.54, 1.807) is 12.1 Å². The van der Waals surface area contributed by atoms with Crippen molar-refractivity contribution in [3.05, 3.63) is 21.2 Å². The lowest BCUT2D eigenvalue weighted by Crippen LogP contribution is -1.95. The van der Waals surface area contributed by atoms with Gasteiger partial charge in [0.05, 0.1) is 0 Å². The Morgan fingerprint density at radius 2 is 2.20 bits per heavy atom. The lowest BCUT2D eigenvalue weighted by Gasteiger charge is -2.00. The van der Waals surface area contributed by atoms with Gasteiger partial charge in [-0.15, -0.1) is 12.6 Å². The first-order valence-electron chi connectivity index (χ1n) is 2.42. The van der Waals surface area contributed by atoms with Crippen LogP contribution in [0.2, 0.25) is 0 Å². The summed E-state index contributed by atoms with van der Waals surface area (Å²) in [7, 11) is 0. The fourth-order valence-electron chi connectivity index (χ4n) is 0.518. The molecule has 1 rings (SSSR count). The summed E-state index contributed by atoms with van der Waals surface area (Å²) in [5, 5.41) is 9.46. The molecule has 1 aromatic rings. The van der Waals surface area contributed by atoms with Crippen molar-refractivity contribution in [3.63, 3.8) is 0 Å². The quantitative estimate of drug-likeness (QED) is 0.412. The lowest BCUT2D eigenvalue weighted by molar-refractivity contribution is 0.156. The molecule has 0 saturated heterocycles. The first-order valence-corrected chi connectivity index (χ1v) is 4.07. The molecular formula is C5H4BrNOS2. The molecule has 0 unspecified atom stereocenters. The summed E-state index contributed by atoms with van der Waals surface area (Å²) >= 11 is 11.9. The van der Waals surface area contributed by atoms with Crippen LogP contribution < -0.4 is 0 Å². The number of aromatic nitrogens is 1. The fraction of sp³-hybridized carbons (Fsp3) is 0. The standard InChI is InChI=1S/C5H4BrNOS2/c6-3-1-4(9)7(8)5(10)2-3/h1-2,8-9H. The highest BCUT2D eigenvalue weighted by Gasteiger charge is 1.95. The van der Waals surface area contributed by atoms with Crippen molar-refractivity contribution in [2.45, 2.75) is 5.03 Å². The molecule has 1 N–H and O–H groups in total. The maximum Gasteiger partial charge on any atom is 0.144 e. The van der Waals surface area contributed by atoms with E-state index in [0.717, 1.165) is 9.20 Å². The first-order chi connectivity index (χ1) is 4.61. The molecule has 0 atom stereocenters. The molecule has 0 aromatic carbocycles. The summed E-state index contributed by atoms with van der Waals surface area (Å²) < 4.78 is 1.98. The molecular weight excluding hydrogens is 234 g/mol. The zero-order chi connectivity index (χ0) is 7.72. The molecule has 10 heavy (non-hydrogen) atoms. The molecule has 0 spiro atoms. The van der Waals surface area contributed by atoms with Gasteiger partial charge in [-0.3, -0.25) is 0 Å². The summed E-state index contributed by atoms with van der Waals surface area (Å²) in [5.74, 6) is 0. The fourth-order valence-corrected chi connectivity index (χ4v) is 1.82. The van der Waals surface area contributed by atoms with Crippen LogP contribution in [0, 0.1) is 4.64 Å². The molecule has 0 saturated carbocycles. The Hall–Kier alpha value is -0.0000000000000000833. The van der Waals surface area contributed by atoms with Crippen LogP contribution in [0.1, 0.15) is 0 Å². The van der Waals surface area contributed by atoms with E-state index in [-0.39, 0.29) is 0 Å². The van der Waals surface area contributed by atoms with Crippen LogP contribution in [0.4, 0.5) is 0 Å². The second kappa shape index (κ2) is 2.94. The molecule has 0 radical (unpaired) electrons. The highest BCUT2D eigenvalue weighted by atomic mass is 79.9. The van der Waals surface area contributed by atoms with Crippen LogP contribution in [0.15, 0.2) is 21.6 Å². The average Bonchev–Trinajstić information content (AvgIpc) is 1.82. The summed E-state index contributed by atoms with van der Waals surface area (Å²) in [6, 6.07) is 3.27. The van der Waals surface area contributed by atoms with Crippen LogP contribution in [0.5, 0.6) is 0 Å². The molecule has 0 aliphatic heterocycles. The van der Waals surface area contributed by atoms with Gasteiger partial charge in [0.1, 0.15) is 9.67 Å². The van der Waals surface area contributed by atoms with Crippen molar-refractivity contribution in [1.82, 2.24) is 4.73 Å². The molecule has 2 nitrogen and oxygen atoms in total. The number of nitrogens with zero attached hydrogens (tertiary/aromatic N) is 1. The van der Waals surface area contributed by atoms with E-state index >= 15 is 0 Å². The van der Waals surface area contributed by atoms with Crippen LogP contribution >= 0.6 is 40.8 Å². The van der Waals surface area contributed by atoms with Gasteiger partial charge >= 0.3 is 0 Å². The van der Waals surface area contributed by atoms with Gasteiger partial charge in [0.25, 0.3) is 0 Å². The second-order valence-electron chi connectivity index (χ2n) is 1.68. The minimum Gasteiger partial charge on any atom is -0.427 e. The SMILES string of the molecule is On1c(S)cc(Br)cc1=S. The minimum atomic E-state index is 0.333. The summed E-state index contributed by atoms with van der Waals surface area (Å²) in [5.41, 5.74) is 0. The molecule has 1 aromatic heterocycles. The van der Waals surface area contributed by atoms with Gasteiger partial charge in [0.15, 0.2) is 0 Å². The Labute approximate surface area is 77.0 Å². The topological polar surface area (TPSA) is 25.2 Å². The van der Waals surface area contributed by atoms with E-state index < -0.39 is 0 Å². The first kappa shape index (κ1) is 8.10. The predicted octanol–water partition coefficient (Wildman–Crippen LogP) is 2.51. The van der Waals surface area contributed by atoms with Crippen molar-refractivity contribution < 1.29 is 5.21 Å². The van der Waals surface area contributed by atoms with Crippen LogP contribution in [-0.4, -0.2) is 9.94 Å². The Morgan fingerprint density at radius 3 is 2.70 bits per heavy atom. The van der Waals surface area contributed by atoms with Gasteiger partial charge < -0.3 is 5.21 Å². The highest BCUT2D eigenvalue weighted by Crippen LogP contribution is 2.14. The van der Waals surface area contributed by atoms with Gasteiger partial charge in [-0.1, -0.05) is 28.1 Å². The van der Waals surface area contributed by atoms with Crippen molar-refractivity contribution in [3.8, 4) is 0 Å². The average molecular weight is 238 g/mol. The molecule has 54 valence electrons. The number of pyridine rings is 1. The van der Waals surface area contributed by atoms with E-state index in [9.17, 15) is 0 Å². The van der Waals surface area contributed by atoms with Crippen LogP contribution in [-0.2, 0) is 0 Å². The van der Waals surface area contributed by atoms with Crippen molar-refractivity contribution in [2.24, 2.45) is 0 Å². The minimum absolute atomic E-state index is 0.333. The molecule has 0 fully saturated rings. The van der Waals surface area contributed by atoms with Crippen molar-refractivity contribution in [1.29, 1.82) is 0 Å². The highest BCUT2D eigenvalue weighted by molar-refractivity contribution is 9.10. The Bertz CT molecular complexity index is 309. The van der Waals surface area contributed by atoms with Gasteiger partial charge in [-0.25, -0.2) is 0 Å². The molecule has 0 aliphatic rings. The lowest BCUT2D eigenvalue weighted by atomic mass is 10.5. The van der Waals surface area contributed by atoms with Crippen molar-refractivity contribution >= 4 is 40.8 Å². The van der Waals surface area contributed by atoms with Gasteiger partial charge in [0, 0.05) is 4.47 Å². The Morgan fingerprint density at radius 1 is 1.60 bits per heavy atom. The third-order valence-electron chi connectivity index (χ3n) is 0.954. The van der Waals surface area contributed by atoms with Crippen molar-refractivity contribution in [2.75, 3.05) is 0 Å². The van der Waals surface area contributed by atoms with Gasteiger partial charge in [-0.2, -0.15) is 4.73 Å². The number of rotatable bonds is 0. The van der Waals surface area contributed by atoms with Gasteiger partial charge in [-0.05, 0) is 12.1 Å². The van der Waals surface area contributed by atoms with E-state index in [4.69, 9.17) is 17.4 Å². The second-order valence-corrected chi connectivity index (χ2v) is 3.47. The molecule has 5 heteroatoms. The number of hydrogen-bond donors (Lipinski definition) is 2. The zero-order valence-electron chi connectivity index (χ0n) is 4.78. The number of hydrogen-bond acceptors (Lipinski definition) is 3. The molecule has 0 aliphatic carbocycles. The van der Waals surface area contributed by atoms with E-state index in [1.165, 1.54) is 0 Å². The number of thiol groups is 1. The smallest absolute Gasteiger partial charge is 0.144 e. The van der Waals surface area contributed by atoms with E-state index in [1.807, 2.05) is 0 Å². The maximum atomic E-state index is 9.05. The predicted molar refractivity (Wildman–Crippen MR) is 47.4 cm³/mol. The summed E-state index contributed by atoms with van der Waals surface area (Å²) in [6.07, 6.45) is 0. The van der Waals surface area contributed by atoms with Crippen LogP contribution in [0.3, 0.4) is 0 Å². The third kappa shape index (κ3) is 1.53. The zero-order valence-corrected chi connectivity index (χ0v) is 8.08. The summed E-state index contributed by atoms with van der Waals surface area (Å²) in [4.78, 5) is 0. The Kier molecular flexibility index (Phi) is 2.38. The molecule has 0 bridgehead atoms. The molecule has 1 heterocycles. The number of halogens is 1. The van der Waals surface area contributed by atoms with Crippen LogP contribution in [0.25, 0.3) is 0 Å². The largest absolute Gasteiger partial charge is 0.427 e. The monoisotopic (exact) mass is 237 g/mol.